The zero-order chi connectivity index (χ0) is 19.2. The van der Waals surface area contributed by atoms with Crippen LogP contribution in [0.2, 0.25) is 10.0 Å². The highest BCUT2D eigenvalue weighted by molar-refractivity contribution is 6.45. The fourth-order valence-corrected chi connectivity index (χ4v) is 3.75. The molecule has 7 nitrogen and oxygen atoms in total. The highest BCUT2D eigenvalue weighted by Crippen LogP contribution is 2.36. The fourth-order valence-electron chi connectivity index (χ4n) is 3.39. The number of hydrogen-bond acceptors (Lipinski definition) is 5. The second-order valence-corrected chi connectivity index (χ2v) is 7.37. The monoisotopic (exact) mass is 406 g/mol. The number of piperidine rings is 1. The van der Waals surface area contributed by atoms with Crippen LogP contribution in [0.4, 0.5) is 5.82 Å². The Bertz CT molecular complexity index is 1030. The molecule has 3 aromatic rings. The molecule has 2 aromatic heterocycles. The molecule has 1 fully saturated rings. The van der Waals surface area contributed by atoms with E-state index >= 15 is 0 Å². The van der Waals surface area contributed by atoms with Gasteiger partial charge in [0.2, 0.25) is 0 Å². The van der Waals surface area contributed by atoms with Crippen molar-refractivity contribution in [3.05, 3.63) is 47.0 Å². The average Bonchev–Trinajstić information content (AvgIpc) is 3.18. The molecular formula is C18H16Cl2N4O3. The van der Waals surface area contributed by atoms with Crippen LogP contribution in [0.25, 0.3) is 16.6 Å². The van der Waals surface area contributed by atoms with Crippen molar-refractivity contribution in [2.24, 2.45) is 0 Å². The summed E-state index contributed by atoms with van der Waals surface area (Å²) < 4.78 is 1.82. The summed E-state index contributed by atoms with van der Waals surface area (Å²) >= 11 is 12.6. The Morgan fingerprint density at radius 1 is 1.30 bits per heavy atom. The molecule has 1 aliphatic heterocycles. The average molecular weight is 407 g/mol. The number of rotatable bonds is 3. The van der Waals surface area contributed by atoms with Crippen molar-refractivity contribution in [3.8, 4) is 5.69 Å². The number of fused-ring (bicyclic) bond motifs is 1. The molecule has 1 atom stereocenters. The number of aliphatic hydroxyl groups is 1. The number of β-amino-alcohol motifs (C(OH)–C–C–N with tert-alkyl or cyclic N) is 1. The summed E-state index contributed by atoms with van der Waals surface area (Å²) in [6.45, 7) is 0.526. The van der Waals surface area contributed by atoms with Gasteiger partial charge in [-0.15, -0.1) is 0 Å². The third-order valence-electron chi connectivity index (χ3n) is 4.81. The molecule has 1 aliphatic rings. The van der Waals surface area contributed by atoms with Gasteiger partial charge in [-0.1, -0.05) is 23.2 Å². The van der Waals surface area contributed by atoms with E-state index in [0.29, 0.717) is 34.3 Å². The van der Waals surface area contributed by atoms with E-state index in [1.54, 1.807) is 29.7 Å². The maximum absolute atomic E-state index is 11.5. The van der Waals surface area contributed by atoms with Crippen LogP contribution in [0.5, 0.6) is 0 Å². The number of halogens is 2. The van der Waals surface area contributed by atoms with E-state index in [9.17, 15) is 15.0 Å². The Kier molecular flexibility index (Phi) is 4.46. The summed E-state index contributed by atoms with van der Waals surface area (Å²) in [5, 5.41) is 21.3. The Balaban J connectivity index is 1.89. The van der Waals surface area contributed by atoms with Gasteiger partial charge < -0.3 is 19.7 Å². The lowest BCUT2D eigenvalue weighted by atomic mass is 9.93. The number of benzene rings is 1. The number of nitrogens with zero attached hydrogens (tertiary/aromatic N) is 4. The van der Waals surface area contributed by atoms with Crippen LogP contribution in [0.1, 0.15) is 12.8 Å². The Hall–Kier alpha value is -2.35. The maximum atomic E-state index is 11.5. The summed E-state index contributed by atoms with van der Waals surface area (Å²) in [6.07, 6.45) is 5.85. The summed E-state index contributed by atoms with van der Waals surface area (Å²) in [7, 11) is 0. The molecule has 0 saturated carbocycles. The number of carboxylic acid groups (broad SMARTS) is 1. The lowest BCUT2D eigenvalue weighted by Gasteiger charge is -2.37. The summed E-state index contributed by atoms with van der Waals surface area (Å²) in [6, 6.07) is 5.37. The van der Waals surface area contributed by atoms with Gasteiger partial charge in [-0.25, -0.2) is 14.8 Å². The van der Waals surface area contributed by atoms with E-state index in [-0.39, 0.29) is 13.0 Å². The van der Waals surface area contributed by atoms with E-state index in [1.165, 1.54) is 0 Å². The normalized spacial score (nSPS) is 20.2. The standard InChI is InChI=1S/C18H16Cl2N4O3/c19-12-3-2-11-13(24-7-5-21-10-24)8-14(22-16(11)15(12)20)23-6-1-4-18(27,9-23)17(25)26/h2-3,5,7-8,10,27H,1,4,6,9H2,(H,25,26). The molecule has 27 heavy (non-hydrogen) atoms. The van der Waals surface area contributed by atoms with Crippen LogP contribution in [-0.4, -0.2) is 49.4 Å². The van der Waals surface area contributed by atoms with Gasteiger partial charge in [0.15, 0.2) is 5.60 Å². The van der Waals surface area contributed by atoms with Gasteiger partial charge in [-0.3, -0.25) is 0 Å². The molecule has 3 heterocycles. The quantitative estimate of drug-likeness (QED) is 0.693. The smallest absolute Gasteiger partial charge is 0.337 e. The van der Waals surface area contributed by atoms with E-state index in [0.717, 1.165) is 11.1 Å². The van der Waals surface area contributed by atoms with E-state index in [1.807, 2.05) is 16.7 Å². The lowest BCUT2D eigenvalue weighted by Crippen LogP contribution is -2.53. The van der Waals surface area contributed by atoms with Crippen LogP contribution in [0.3, 0.4) is 0 Å². The van der Waals surface area contributed by atoms with Gasteiger partial charge >= 0.3 is 5.97 Å². The second kappa shape index (κ2) is 6.67. The van der Waals surface area contributed by atoms with Crippen molar-refractivity contribution < 1.29 is 15.0 Å². The van der Waals surface area contributed by atoms with E-state index < -0.39 is 11.6 Å². The van der Waals surface area contributed by atoms with Crippen molar-refractivity contribution >= 4 is 45.9 Å². The van der Waals surface area contributed by atoms with Crippen molar-refractivity contribution in [3.63, 3.8) is 0 Å². The van der Waals surface area contributed by atoms with E-state index in [4.69, 9.17) is 23.2 Å². The molecule has 0 amide bonds. The van der Waals surface area contributed by atoms with Gasteiger partial charge in [-0.05, 0) is 25.0 Å². The van der Waals surface area contributed by atoms with Gasteiger partial charge in [0.1, 0.15) is 5.82 Å². The predicted octanol–water partition coefficient (Wildman–Crippen LogP) is 3.14. The number of anilines is 1. The molecule has 2 N–H and O–H groups in total. The molecule has 0 radical (unpaired) electrons. The number of aromatic nitrogens is 3. The molecule has 0 bridgehead atoms. The number of pyridine rings is 1. The largest absolute Gasteiger partial charge is 0.479 e. The minimum Gasteiger partial charge on any atom is -0.479 e. The van der Waals surface area contributed by atoms with Crippen LogP contribution in [0, 0.1) is 0 Å². The first kappa shape index (κ1) is 18.0. The highest BCUT2D eigenvalue weighted by atomic mass is 35.5. The third kappa shape index (κ3) is 3.12. The Morgan fingerprint density at radius 2 is 2.11 bits per heavy atom. The molecule has 1 saturated heterocycles. The maximum Gasteiger partial charge on any atom is 0.337 e. The third-order valence-corrected chi connectivity index (χ3v) is 5.61. The summed E-state index contributed by atoms with van der Waals surface area (Å²) in [5.41, 5.74) is -0.507. The minimum atomic E-state index is -1.80. The zero-order valence-corrected chi connectivity index (χ0v) is 15.7. The van der Waals surface area contributed by atoms with Crippen LogP contribution in [-0.2, 0) is 4.79 Å². The number of hydrogen-bond donors (Lipinski definition) is 2. The number of imidazole rings is 1. The highest BCUT2D eigenvalue weighted by Gasteiger charge is 2.41. The molecule has 4 rings (SSSR count). The van der Waals surface area contributed by atoms with Crippen LogP contribution < -0.4 is 4.90 Å². The van der Waals surface area contributed by atoms with Crippen LogP contribution >= 0.6 is 23.2 Å². The van der Waals surface area contributed by atoms with Gasteiger partial charge in [0.05, 0.1) is 34.1 Å². The zero-order valence-electron chi connectivity index (χ0n) is 14.1. The van der Waals surface area contributed by atoms with Crippen molar-refractivity contribution in [1.82, 2.24) is 14.5 Å². The predicted molar refractivity (Wildman–Crippen MR) is 103 cm³/mol. The number of aliphatic carboxylic acids is 1. The van der Waals surface area contributed by atoms with Crippen molar-refractivity contribution in [1.29, 1.82) is 0 Å². The molecule has 1 aromatic carbocycles. The number of carbonyl (C=O) groups is 1. The van der Waals surface area contributed by atoms with Crippen molar-refractivity contribution in [2.45, 2.75) is 18.4 Å². The number of carboxylic acids is 1. The van der Waals surface area contributed by atoms with Gasteiger partial charge in [0, 0.05) is 30.4 Å². The van der Waals surface area contributed by atoms with E-state index in [2.05, 4.69) is 9.97 Å². The first-order valence-electron chi connectivity index (χ1n) is 8.37. The summed E-state index contributed by atoms with van der Waals surface area (Å²) in [5.74, 6) is -0.710. The molecule has 0 spiro atoms. The molecule has 9 heteroatoms. The molecule has 1 unspecified atom stereocenters. The topological polar surface area (TPSA) is 91.5 Å². The Morgan fingerprint density at radius 3 is 2.81 bits per heavy atom. The molecule has 0 aliphatic carbocycles. The molecular weight excluding hydrogens is 391 g/mol. The Labute approximate surface area is 164 Å². The van der Waals surface area contributed by atoms with Crippen molar-refractivity contribution in [2.75, 3.05) is 18.0 Å². The second-order valence-electron chi connectivity index (χ2n) is 6.59. The van der Waals surface area contributed by atoms with Gasteiger partial charge in [0.25, 0.3) is 0 Å². The summed E-state index contributed by atoms with van der Waals surface area (Å²) in [4.78, 5) is 21.9. The first-order valence-corrected chi connectivity index (χ1v) is 9.12. The SMILES string of the molecule is O=C(O)C1(O)CCCN(c2cc(-n3ccnc3)c3ccc(Cl)c(Cl)c3n2)C1. The van der Waals surface area contributed by atoms with Crippen LogP contribution in [0.15, 0.2) is 36.9 Å². The lowest BCUT2D eigenvalue weighted by molar-refractivity contribution is -0.159. The molecule has 140 valence electrons. The first-order chi connectivity index (χ1) is 12.9. The fraction of sp³-hybridized carbons (Fsp3) is 0.278. The minimum absolute atomic E-state index is 0.0532. The van der Waals surface area contributed by atoms with Gasteiger partial charge in [-0.2, -0.15) is 0 Å².